The minimum atomic E-state index is -1.24. The SMILES string of the molecule is CCCC/C=C/C=C1\CCCC1(C(=O)OC)C(=O)OC. The van der Waals surface area contributed by atoms with E-state index in [1.807, 2.05) is 12.2 Å². The van der Waals surface area contributed by atoms with E-state index in [-0.39, 0.29) is 0 Å². The third-order valence-corrected chi connectivity index (χ3v) is 3.77. The highest BCUT2D eigenvalue weighted by Crippen LogP contribution is 2.45. The van der Waals surface area contributed by atoms with Gasteiger partial charge in [0, 0.05) is 0 Å². The van der Waals surface area contributed by atoms with Crippen molar-refractivity contribution in [3.05, 3.63) is 23.8 Å². The highest BCUT2D eigenvalue weighted by atomic mass is 16.5. The summed E-state index contributed by atoms with van der Waals surface area (Å²) in [6, 6.07) is 0. The number of ether oxygens (including phenoxy) is 2. The minimum absolute atomic E-state index is 0.459. The van der Waals surface area contributed by atoms with E-state index in [1.165, 1.54) is 14.2 Å². The van der Waals surface area contributed by atoms with E-state index < -0.39 is 17.4 Å². The Morgan fingerprint density at radius 1 is 1.25 bits per heavy atom. The number of carbonyl (C=O) groups excluding carboxylic acids is 2. The van der Waals surface area contributed by atoms with Gasteiger partial charge in [-0.1, -0.05) is 38.0 Å². The van der Waals surface area contributed by atoms with Crippen LogP contribution < -0.4 is 0 Å². The first kappa shape index (κ1) is 16.5. The normalized spacial score (nSPS) is 19.4. The number of esters is 2. The molecule has 20 heavy (non-hydrogen) atoms. The van der Waals surface area contributed by atoms with E-state index in [2.05, 4.69) is 13.0 Å². The molecule has 0 atom stereocenters. The van der Waals surface area contributed by atoms with Gasteiger partial charge < -0.3 is 9.47 Å². The molecule has 0 radical (unpaired) electrons. The topological polar surface area (TPSA) is 52.6 Å². The van der Waals surface area contributed by atoms with E-state index in [0.29, 0.717) is 6.42 Å². The Bertz CT molecular complexity index is 391. The van der Waals surface area contributed by atoms with E-state index in [9.17, 15) is 9.59 Å². The van der Waals surface area contributed by atoms with E-state index in [1.54, 1.807) is 0 Å². The van der Waals surface area contributed by atoms with Gasteiger partial charge >= 0.3 is 11.9 Å². The zero-order chi connectivity index (χ0) is 15.0. The van der Waals surface area contributed by atoms with Gasteiger partial charge in [-0.3, -0.25) is 9.59 Å². The molecule has 0 unspecified atom stereocenters. The fourth-order valence-corrected chi connectivity index (χ4v) is 2.64. The molecule has 0 heterocycles. The van der Waals surface area contributed by atoms with Crippen LogP contribution >= 0.6 is 0 Å². The third-order valence-electron chi connectivity index (χ3n) is 3.77. The summed E-state index contributed by atoms with van der Waals surface area (Å²) in [4.78, 5) is 24.2. The number of rotatable bonds is 6. The molecule has 0 saturated heterocycles. The maximum absolute atomic E-state index is 12.1. The molecule has 0 bridgehead atoms. The maximum atomic E-state index is 12.1. The Morgan fingerprint density at radius 3 is 2.45 bits per heavy atom. The van der Waals surface area contributed by atoms with Gasteiger partial charge in [-0.2, -0.15) is 0 Å². The Hall–Kier alpha value is -1.58. The molecule has 0 aromatic carbocycles. The molecule has 0 aliphatic heterocycles. The molecule has 4 nitrogen and oxygen atoms in total. The maximum Gasteiger partial charge on any atom is 0.327 e. The first-order valence-corrected chi connectivity index (χ1v) is 7.16. The molecule has 0 spiro atoms. The molecule has 0 aromatic heterocycles. The highest BCUT2D eigenvalue weighted by molar-refractivity contribution is 6.04. The quantitative estimate of drug-likeness (QED) is 0.426. The van der Waals surface area contributed by atoms with Crippen molar-refractivity contribution in [2.75, 3.05) is 14.2 Å². The van der Waals surface area contributed by atoms with Crippen molar-refractivity contribution in [2.24, 2.45) is 5.41 Å². The number of unbranched alkanes of at least 4 members (excludes halogenated alkanes) is 2. The lowest BCUT2D eigenvalue weighted by Crippen LogP contribution is -2.40. The summed E-state index contributed by atoms with van der Waals surface area (Å²) in [6.07, 6.45) is 11.1. The van der Waals surface area contributed by atoms with Crippen molar-refractivity contribution in [2.45, 2.75) is 45.4 Å². The predicted octanol–water partition coefficient (Wildman–Crippen LogP) is 3.18. The van der Waals surface area contributed by atoms with Crippen molar-refractivity contribution >= 4 is 11.9 Å². The summed E-state index contributed by atoms with van der Waals surface area (Å²) in [5.74, 6) is -1.04. The van der Waals surface area contributed by atoms with Crippen molar-refractivity contribution in [1.29, 1.82) is 0 Å². The fraction of sp³-hybridized carbons (Fsp3) is 0.625. The van der Waals surface area contributed by atoms with Crippen molar-refractivity contribution in [1.82, 2.24) is 0 Å². The average Bonchev–Trinajstić information content (AvgIpc) is 2.90. The molecule has 1 aliphatic carbocycles. The summed E-state index contributed by atoms with van der Waals surface area (Å²) in [5, 5.41) is 0. The van der Waals surface area contributed by atoms with E-state index in [0.717, 1.165) is 37.7 Å². The lowest BCUT2D eigenvalue weighted by molar-refractivity contribution is -0.165. The predicted molar refractivity (Wildman–Crippen MR) is 77.1 cm³/mol. The van der Waals surface area contributed by atoms with Gasteiger partial charge in [0.1, 0.15) is 0 Å². The number of hydrogen-bond donors (Lipinski definition) is 0. The van der Waals surface area contributed by atoms with Crippen LogP contribution in [0.15, 0.2) is 23.8 Å². The Labute approximate surface area is 120 Å². The number of carbonyl (C=O) groups is 2. The van der Waals surface area contributed by atoms with Gasteiger partial charge in [-0.15, -0.1) is 0 Å². The van der Waals surface area contributed by atoms with Gasteiger partial charge in [0.15, 0.2) is 5.41 Å². The van der Waals surface area contributed by atoms with Gasteiger partial charge in [0.25, 0.3) is 0 Å². The van der Waals surface area contributed by atoms with Crippen LogP contribution in [0.3, 0.4) is 0 Å². The largest absolute Gasteiger partial charge is 0.468 e. The van der Waals surface area contributed by atoms with Crippen LogP contribution in [-0.2, 0) is 19.1 Å². The summed E-state index contributed by atoms with van der Waals surface area (Å²) in [5.41, 5.74) is -0.442. The molecule has 0 aromatic rings. The third kappa shape index (κ3) is 3.30. The second-order valence-electron chi connectivity index (χ2n) is 5.00. The van der Waals surface area contributed by atoms with Crippen LogP contribution in [0.2, 0.25) is 0 Å². The van der Waals surface area contributed by atoms with Gasteiger partial charge in [0.05, 0.1) is 14.2 Å². The molecule has 112 valence electrons. The highest BCUT2D eigenvalue weighted by Gasteiger charge is 2.53. The summed E-state index contributed by atoms with van der Waals surface area (Å²) < 4.78 is 9.66. The minimum Gasteiger partial charge on any atom is -0.468 e. The summed E-state index contributed by atoms with van der Waals surface area (Å²) in [6.45, 7) is 2.14. The molecule has 0 amide bonds. The van der Waals surface area contributed by atoms with Gasteiger partial charge in [0.2, 0.25) is 0 Å². The van der Waals surface area contributed by atoms with Crippen LogP contribution in [-0.4, -0.2) is 26.2 Å². The lowest BCUT2D eigenvalue weighted by atomic mass is 9.82. The van der Waals surface area contributed by atoms with Crippen LogP contribution in [0.4, 0.5) is 0 Å². The van der Waals surface area contributed by atoms with Crippen LogP contribution in [0.5, 0.6) is 0 Å². The lowest BCUT2D eigenvalue weighted by Gasteiger charge is -2.24. The molecular weight excluding hydrogens is 256 g/mol. The summed E-state index contributed by atoms with van der Waals surface area (Å²) >= 11 is 0. The molecule has 1 saturated carbocycles. The van der Waals surface area contributed by atoms with E-state index in [4.69, 9.17) is 9.47 Å². The summed E-state index contributed by atoms with van der Waals surface area (Å²) in [7, 11) is 2.61. The first-order chi connectivity index (χ1) is 9.63. The zero-order valence-corrected chi connectivity index (χ0v) is 12.6. The van der Waals surface area contributed by atoms with Crippen molar-refractivity contribution < 1.29 is 19.1 Å². The smallest absolute Gasteiger partial charge is 0.327 e. The molecule has 4 heteroatoms. The van der Waals surface area contributed by atoms with Crippen LogP contribution in [0, 0.1) is 5.41 Å². The molecule has 1 fully saturated rings. The zero-order valence-electron chi connectivity index (χ0n) is 12.6. The number of hydrogen-bond acceptors (Lipinski definition) is 4. The van der Waals surface area contributed by atoms with Crippen molar-refractivity contribution in [3.63, 3.8) is 0 Å². The van der Waals surface area contributed by atoms with Crippen LogP contribution in [0.1, 0.15) is 45.4 Å². The second kappa shape index (κ2) is 7.88. The second-order valence-corrected chi connectivity index (χ2v) is 5.00. The molecule has 0 N–H and O–H groups in total. The Balaban J connectivity index is 2.97. The Kier molecular flexibility index (Phi) is 6.49. The number of allylic oxidation sites excluding steroid dienone is 3. The molecule has 1 rings (SSSR count). The first-order valence-electron chi connectivity index (χ1n) is 7.16. The fourth-order valence-electron chi connectivity index (χ4n) is 2.64. The van der Waals surface area contributed by atoms with Crippen molar-refractivity contribution in [3.8, 4) is 0 Å². The monoisotopic (exact) mass is 280 g/mol. The standard InChI is InChI=1S/C16H24O4/c1-4-5-6-7-8-10-13-11-9-12-16(13,14(17)19-2)15(18)20-3/h7-8,10H,4-6,9,11-12H2,1-3H3/b8-7+,13-10+. The van der Waals surface area contributed by atoms with E-state index >= 15 is 0 Å². The molecular formula is C16H24O4. The van der Waals surface area contributed by atoms with Gasteiger partial charge in [-0.05, 0) is 31.3 Å². The molecule has 1 aliphatic rings. The number of methoxy groups -OCH3 is 2. The van der Waals surface area contributed by atoms with Gasteiger partial charge in [-0.25, -0.2) is 0 Å². The average molecular weight is 280 g/mol. The van der Waals surface area contributed by atoms with Crippen LogP contribution in [0.25, 0.3) is 0 Å². The Morgan fingerprint density at radius 2 is 1.90 bits per heavy atom.